The molecule has 0 saturated carbocycles. The maximum atomic E-state index is 15.0. The Morgan fingerprint density at radius 3 is 2.50 bits per heavy atom. The van der Waals surface area contributed by atoms with E-state index >= 15 is 4.39 Å². The van der Waals surface area contributed by atoms with Gasteiger partial charge in [-0.2, -0.15) is 10.5 Å². The van der Waals surface area contributed by atoms with E-state index in [-0.39, 0.29) is 23.1 Å². The highest BCUT2D eigenvalue weighted by atomic mass is 19.1. The van der Waals surface area contributed by atoms with Crippen LogP contribution >= 0.6 is 0 Å². The Balaban J connectivity index is 1.58. The number of halogens is 1. The largest absolute Gasteiger partial charge is 0.366 e. The summed E-state index contributed by atoms with van der Waals surface area (Å²) in [6, 6.07) is 17.9. The van der Waals surface area contributed by atoms with Crippen LogP contribution in [0.3, 0.4) is 0 Å². The van der Waals surface area contributed by atoms with Crippen LogP contribution in [0.2, 0.25) is 0 Å². The van der Waals surface area contributed by atoms with Gasteiger partial charge in [0.25, 0.3) is 5.56 Å². The fourth-order valence-electron chi connectivity index (χ4n) is 5.28. The number of aryl methyl sites for hydroxylation is 2. The molecule has 0 amide bonds. The molecule has 0 spiro atoms. The highest BCUT2D eigenvalue weighted by Gasteiger charge is 2.35. The first-order chi connectivity index (χ1) is 18.3. The molecule has 8 nitrogen and oxygen atoms in total. The summed E-state index contributed by atoms with van der Waals surface area (Å²) in [5.41, 5.74) is 3.61. The van der Waals surface area contributed by atoms with E-state index in [4.69, 9.17) is 0 Å². The Bertz CT molecular complexity index is 1670. The number of piperazine rings is 1. The zero-order chi connectivity index (χ0) is 27.0. The number of rotatable bonds is 4. The second kappa shape index (κ2) is 10.0. The van der Waals surface area contributed by atoms with E-state index in [9.17, 15) is 15.3 Å². The highest BCUT2D eigenvalue weighted by Crippen LogP contribution is 2.35. The molecule has 4 aromatic rings. The molecule has 3 aromatic heterocycles. The van der Waals surface area contributed by atoms with E-state index in [0.29, 0.717) is 42.0 Å². The van der Waals surface area contributed by atoms with Crippen molar-refractivity contribution >= 4 is 16.7 Å². The van der Waals surface area contributed by atoms with Crippen LogP contribution in [0.15, 0.2) is 59.5 Å². The molecule has 1 aliphatic heterocycles. The van der Waals surface area contributed by atoms with Crippen molar-refractivity contribution in [2.75, 3.05) is 24.5 Å². The third-order valence-electron chi connectivity index (χ3n) is 7.21. The molecular weight excluding hydrogens is 481 g/mol. The predicted molar refractivity (Wildman–Crippen MR) is 142 cm³/mol. The first kappa shape index (κ1) is 25.1. The minimum atomic E-state index is -0.412. The molecule has 0 bridgehead atoms. The van der Waals surface area contributed by atoms with Crippen LogP contribution in [0, 0.1) is 35.4 Å². The number of fused-ring (bicyclic) bond motifs is 1. The van der Waals surface area contributed by atoms with E-state index in [1.807, 2.05) is 49.1 Å². The number of benzene rings is 1. The first-order valence-corrected chi connectivity index (χ1v) is 12.4. The zero-order valence-electron chi connectivity index (χ0n) is 21.4. The van der Waals surface area contributed by atoms with Crippen LogP contribution in [0.25, 0.3) is 11.0 Å². The summed E-state index contributed by atoms with van der Waals surface area (Å²) in [6.07, 6.45) is 1.60. The van der Waals surface area contributed by atoms with Gasteiger partial charge in [0.05, 0.1) is 22.9 Å². The molecule has 4 heterocycles. The molecule has 1 unspecified atom stereocenters. The Morgan fingerprint density at radius 1 is 1.08 bits per heavy atom. The second-order valence-corrected chi connectivity index (χ2v) is 9.59. The van der Waals surface area contributed by atoms with E-state index in [1.165, 1.54) is 10.6 Å². The molecular formula is C29H26FN7O. The third-order valence-corrected chi connectivity index (χ3v) is 7.21. The van der Waals surface area contributed by atoms with Crippen molar-refractivity contribution in [2.45, 2.75) is 25.9 Å². The zero-order valence-corrected chi connectivity index (χ0v) is 21.4. The van der Waals surface area contributed by atoms with E-state index in [0.717, 1.165) is 11.1 Å². The van der Waals surface area contributed by atoms with Crippen molar-refractivity contribution in [3.8, 4) is 12.1 Å². The monoisotopic (exact) mass is 507 g/mol. The van der Waals surface area contributed by atoms with Crippen LogP contribution in [0.5, 0.6) is 0 Å². The van der Waals surface area contributed by atoms with Gasteiger partial charge in [-0.25, -0.2) is 9.37 Å². The average molecular weight is 508 g/mol. The average Bonchev–Trinajstić information content (AvgIpc) is 2.93. The molecule has 1 aliphatic rings. The Kier molecular flexibility index (Phi) is 6.62. The van der Waals surface area contributed by atoms with Gasteiger partial charge in [-0.3, -0.25) is 14.7 Å². The van der Waals surface area contributed by atoms with Gasteiger partial charge in [0.15, 0.2) is 0 Å². The molecule has 5 rings (SSSR count). The smallest absolute Gasteiger partial charge is 0.270 e. The van der Waals surface area contributed by atoms with Gasteiger partial charge in [-0.1, -0.05) is 29.8 Å². The normalized spacial score (nSPS) is 16.7. The SMILES string of the molecule is Cc1ccc(C(c2ncccc2F)N2CCN(c3c(C#N)c(=O)n(C)c4ccc(C#N)nc34)C[C@H]2C)cc1. The quantitative estimate of drug-likeness (QED) is 0.414. The molecule has 1 fully saturated rings. The van der Waals surface area contributed by atoms with Crippen LogP contribution in [0.1, 0.15) is 41.0 Å². The molecule has 190 valence electrons. The molecule has 1 saturated heterocycles. The minimum Gasteiger partial charge on any atom is -0.366 e. The number of nitriles is 2. The van der Waals surface area contributed by atoms with Gasteiger partial charge >= 0.3 is 0 Å². The lowest BCUT2D eigenvalue weighted by atomic mass is 9.96. The van der Waals surface area contributed by atoms with Gasteiger partial charge in [0, 0.05) is 38.9 Å². The van der Waals surface area contributed by atoms with Crippen molar-refractivity contribution in [1.29, 1.82) is 10.5 Å². The summed E-state index contributed by atoms with van der Waals surface area (Å²) in [7, 11) is 1.59. The molecule has 2 atom stereocenters. The fourth-order valence-corrected chi connectivity index (χ4v) is 5.28. The summed E-state index contributed by atoms with van der Waals surface area (Å²) < 4.78 is 16.4. The summed E-state index contributed by atoms with van der Waals surface area (Å²) in [4.78, 5) is 26.2. The lowest BCUT2D eigenvalue weighted by molar-refractivity contribution is 0.145. The van der Waals surface area contributed by atoms with Crippen LogP contribution < -0.4 is 10.5 Å². The third kappa shape index (κ3) is 4.27. The summed E-state index contributed by atoms with van der Waals surface area (Å²) in [5, 5.41) is 19.4. The van der Waals surface area contributed by atoms with Crippen molar-refractivity contribution in [2.24, 2.45) is 7.05 Å². The fraction of sp³-hybridized carbons (Fsp3) is 0.276. The summed E-state index contributed by atoms with van der Waals surface area (Å²) in [5.74, 6) is -0.370. The molecule has 0 N–H and O–H groups in total. The lowest BCUT2D eigenvalue weighted by Gasteiger charge is -2.45. The number of hydrogen-bond donors (Lipinski definition) is 0. The maximum Gasteiger partial charge on any atom is 0.270 e. The van der Waals surface area contributed by atoms with Crippen LogP contribution in [0.4, 0.5) is 10.1 Å². The van der Waals surface area contributed by atoms with Crippen LogP contribution in [-0.4, -0.2) is 45.1 Å². The second-order valence-electron chi connectivity index (χ2n) is 9.59. The van der Waals surface area contributed by atoms with Crippen molar-refractivity contribution < 1.29 is 4.39 Å². The maximum absolute atomic E-state index is 15.0. The molecule has 1 aromatic carbocycles. The van der Waals surface area contributed by atoms with E-state index in [2.05, 4.69) is 20.9 Å². The van der Waals surface area contributed by atoms with Gasteiger partial charge < -0.3 is 9.47 Å². The minimum absolute atomic E-state index is 0.00547. The number of anilines is 1. The van der Waals surface area contributed by atoms with Crippen molar-refractivity contribution in [3.63, 3.8) is 0 Å². The number of aromatic nitrogens is 3. The molecule has 0 aliphatic carbocycles. The van der Waals surface area contributed by atoms with Gasteiger partial charge in [0.2, 0.25) is 0 Å². The van der Waals surface area contributed by atoms with Gasteiger partial charge in [-0.15, -0.1) is 0 Å². The predicted octanol–water partition coefficient (Wildman–Crippen LogP) is 3.82. The molecule has 0 radical (unpaired) electrons. The highest BCUT2D eigenvalue weighted by molar-refractivity contribution is 5.92. The topological polar surface area (TPSA) is 102 Å². The van der Waals surface area contributed by atoms with Gasteiger partial charge in [-0.05, 0) is 43.7 Å². The molecule has 9 heteroatoms. The van der Waals surface area contributed by atoms with E-state index in [1.54, 1.807) is 31.4 Å². The van der Waals surface area contributed by atoms with Crippen molar-refractivity contribution in [3.05, 3.63) is 99.0 Å². The molecule has 38 heavy (non-hydrogen) atoms. The van der Waals surface area contributed by atoms with Crippen LogP contribution in [-0.2, 0) is 7.05 Å². The van der Waals surface area contributed by atoms with Crippen molar-refractivity contribution in [1.82, 2.24) is 19.4 Å². The Hall–Kier alpha value is -4.60. The number of hydrogen-bond acceptors (Lipinski definition) is 7. The lowest BCUT2D eigenvalue weighted by Crippen LogP contribution is -2.54. The number of pyridine rings is 3. The standard InChI is InChI=1S/C29H26FN7O/c1-18-6-8-20(9-7-18)27(25-23(30)5-4-12-33-25)37-14-13-36(17-19(37)2)28-22(16-32)29(38)35(3)24-11-10-21(15-31)34-26(24)28/h4-12,19,27H,13-14,17H2,1-3H3/t19-,27?/m1/s1. The van der Waals surface area contributed by atoms with Gasteiger partial charge in [0.1, 0.15) is 34.7 Å². The Morgan fingerprint density at radius 2 is 1.84 bits per heavy atom. The van der Waals surface area contributed by atoms with E-state index < -0.39 is 11.6 Å². The first-order valence-electron chi connectivity index (χ1n) is 12.4. The Labute approximate surface area is 219 Å². The summed E-state index contributed by atoms with van der Waals surface area (Å²) in [6.45, 7) is 5.50. The number of nitrogens with zero attached hydrogens (tertiary/aromatic N) is 7. The summed E-state index contributed by atoms with van der Waals surface area (Å²) >= 11 is 0.